The van der Waals surface area contributed by atoms with Gasteiger partial charge in [0.15, 0.2) is 0 Å². The van der Waals surface area contributed by atoms with Crippen LogP contribution in [0.3, 0.4) is 0 Å². The molecule has 8 heteroatoms. The van der Waals surface area contributed by atoms with Crippen molar-refractivity contribution in [2.45, 2.75) is 57.7 Å². The normalized spacial score (nSPS) is 23.4. The van der Waals surface area contributed by atoms with Gasteiger partial charge in [-0.05, 0) is 91.1 Å². The molecule has 2 heterocycles. The topological polar surface area (TPSA) is 101 Å². The van der Waals surface area contributed by atoms with Gasteiger partial charge < -0.3 is 15.3 Å². The zero-order valence-electron chi connectivity index (χ0n) is 26.8. The molecule has 0 radical (unpaired) electrons. The Balaban J connectivity index is 1.16. The van der Waals surface area contributed by atoms with E-state index in [4.69, 9.17) is 11.6 Å². The molecule has 0 spiro atoms. The smallest absolute Gasteiger partial charge is 0.234 e. The van der Waals surface area contributed by atoms with Crippen molar-refractivity contribution < 1.29 is 24.9 Å². The summed E-state index contributed by atoms with van der Waals surface area (Å²) in [5, 5.41) is 32.6. The molecule has 3 N–H and O–H groups in total. The lowest BCUT2D eigenvalue weighted by atomic mass is 9.68. The maximum absolute atomic E-state index is 14.0. The predicted octanol–water partition coefficient (Wildman–Crippen LogP) is 6.32. The monoisotopic (exact) mass is 654 g/mol. The van der Waals surface area contributed by atoms with Crippen LogP contribution in [-0.4, -0.2) is 68.8 Å². The number of rotatable bonds is 10. The van der Waals surface area contributed by atoms with E-state index < -0.39 is 23.9 Å². The molecule has 2 fully saturated rings. The Morgan fingerprint density at radius 3 is 2.32 bits per heavy atom. The van der Waals surface area contributed by atoms with Crippen molar-refractivity contribution in [2.75, 3.05) is 19.7 Å². The average molecular weight is 655 g/mol. The first-order valence-corrected chi connectivity index (χ1v) is 17.0. The fourth-order valence-corrected chi connectivity index (χ4v) is 8.13. The number of hydrogen-bond acceptors (Lipinski definition) is 6. The number of aromatic hydroxyl groups is 1. The lowest BCUT2D eigenvalue weighted by Crippen LogP contribution is -2.47. The summed E-state index contributed by atoms with van der Waals surface area (Å²) in [5.41, 5.74) is 5.51. The van der Waals surface area contributed by atoms with Crippen molar-refractivity contribution in [3.05, 3.63) is 112 Å². The molecule has 1 aliphatic carbocycles. The van der Waals surface area contributed by atoms with E-state index in [0.29, 0.717) is 29.9 Å². The van der Waals surface area contributed by atoms with E-state index in [9.17, 15) is 24.9 Å². The summed E-state index contributed by atoms with van der Waals surface area (Å²) in [6.45, 7) is 4.08. The highest BCUT2D eigenvalue weighted by molar-refractivity contribution is 6.32. The van der Waals surface area contributed by atoms with Gasteiger partial charge in [0.2, 0.25) is 11.8 Å². The Hall–Kier alpha value is -3.75. The van der Waals surface area contributed by atoms with Gasteiger partial charge in [-0.15, -0.1) is 0 Å². The lowest BCUT2D eigenvalue weighted by molar-refractivity contribution is -0.144. The number of carbonyl (C=O) groups is 2. The second kappa shape index (κ2) is 14.6. The highest BCUT2D eigenvalue weighted by Gasteiger charge is 2.56. The number of aliphatic hydroxyl groups is 2. The minimum atomic E-state index is -0.895. The van der Waals surface area contributed by atoms with E-state index in [0.717, 1.165) is 54.7 Å². The molecule has 0 unspecified atom stereocenters. The fourth-order valence-electron chi connectivity index (χ4n) is 7.90. The van der Waals surface area contributed by atoms with Crippen LogP contribution in [-0.2, 0) is 16.1 Å². The first kappa shape index (κ1) is 33.2. The first-order chi connectivity index (χ1) is 22.7. The van der Waals surface area contributed by atoms with Crippen LogP contribution >= 0.6 is 11.6 Å². The summed E-state index contributed by atoms with van der Waals surface area (Å²) in [4.78, 5) is 31.7. The van der Waals surface area contributed by atoms with E-state index >= 15 is 0 Å². The number of phenolic OH excluding ortho intramolecular Hbond substituents is 1. The molecule has 3 aromatic carbocycles. The van der Waals surface area contributed by atoms with Gasteiger partial charge in [-0.25, -0.2) is 0 Å². The van der Waals surface area contributed by atoms with Gasteiger partial charge in [0.05, 0.1) is 29.6 Å². The number of carbonyl (C=O) groups excluding carboxylic acids is 2. The van der Waals surface area contributed by atoms with Gasteiger partial charge in [0.1, 0.15) is 5.75 Å². The third-order valence-electron chi connectivity index (χ3n) is 10.2. The zero-order chi connectivity index (χ0) is 33.1. The minimum Gasteiger partial charge on any atom is -0.508 e. The predicted molar refractivity (Wildman–Crippen MR) is 184 cm³/mol. The molecule has 3 aliphatic rings. The number of imide groups is 1. The molecule has 2 saturated heterocycles. The van der Waals surface area contributed by atoms with Crippen molar-refractivity contribution in [3.63, 3.8) is 0 Å². The van der Waals surface area contributed by atoms with E-state index in [1.54, 1.807) is 12.1 Å². The van der Waals surface area contributed by atoms with Crippen LogP contribution in [0.2, 0.25) is 5.02 Å². The largest absolute Gasteiger partial charge is 0.508 e. The van der Waals surface area contributed by atoms with Crippen molar-refractivity contribution in [2.24, 2.45) is 17.8 Å². The summed E-state index contributed by atoms with van der Waals surface area (Å²) in [6, 6.07) is 24.9. The summed E-state index contributed by atoms with van der Waals surface area (Å²) in [7, 11) is 0. The number of piperidine rings is 1. The molecule has 4 atom stereocenters. The lowest BCUT2D eigenvalue weighted by Gasteiger charge is -2.36. The third-order valence-corrected chi connectivity index (χ3v) is 10.6. The third kappa shape index (κ3) is 7.09. The first-order valence-electron chi connectivity index (χ1n) is 16.6. The number of amides is 2. The van der Waals surface area contributed by atoms with Gasteiger partial charge in [-0.2, -0.15) is 0 Å². The molecule has 6 rings (SSSR count). The molecule has 0 bridgehead atoms. The Morgan fingerprint density at radius 1 is 0.979 bits per heavy atom. The number of halogens is 1. The van der Waals surface area contributed by atoms with Gasteiger partial charge in [0, 0.05) is 31.6 Å². The summed E-state index contributed by atoms with van der Waals surface area (Å²) >= 11 is 6.43. The van der Waals surface area contributed by atoms with Crippen molar-refractivity contribution >= 4 is 35.1 Å². The second-order valence-electron chi connectivity index (χ2n) is 13.2. The van der Waals surface area contributed by atoms with Crippen molar-refractivity contribution in [1.82, 2.24) is 9.80 Å². The number of benzene rings is 3. The maximum Gasteiger partial charge on any atom is 0.234 e. The maximum atomic E-state index is 14.0. The quantitative estimate of drug-likeness (QED) is 0.134. The molecular formula is C39H43ClN2O5. The summed E-state index contributed by atoms with van der Waals surface area (Å²) in [6.07, 6.45) is 3.81. The molecular weight excluding hydrogens is 612 g/mol. The number of phenols is 1. The molecule has 3 aromatic rings. The minimum absolute atomic E-state index is 0.0870. The summed E-state index contributed by atoms with van der Waals surface area (Å²) in [5.74, 6) is -2.03. The number of aliphatic hydroxyl groups excluding tert-OH is 2. The van der Waals surface area contributed by atoms with Crippen molar-refractivity contribution in [1.29, 1.82) is 0 Å². The van der Waals surface area contributed by atoms with Crippen molar-refractivity contribution in [3.8, 4) is 5.75 Å². The Labute approximate surface area is 281 Å². The number of fused-ring (bicyclic) bond motifs is 1. The van der Waals surface area contributed by atoms with E-state index in [1.807, 2.05) is 61.5 Å². The second-order valence-corrected chi connectivity index (χ2v) is 13.6. The van der Waals surface area contributed by atoms with Gasteiger partial charge in [0.25, 0.3) is 0 Å². The van der Waals surface area contributed by atoms with Crippen LogP contribution in [0.25, 0.3) is 11.6 Å². The van der Waals surface area contributed by atoms with E-state index in [-0.39, 0.29) is 30.2 Å². The molecule has 7 nitrogen and oxygen atoms in total. The fraction of sp³-hybridized carbons (Fsp3) is 0.385. The Bertz CT molecular complexity index is 1650. The molecule has 246 valence electrons. The standard InChI is InChI=1S/C39H43ClN2O5/c1-25-20-32-37(39(47)42(38(32)46)30-16-18-41(19-17-30)23-26-8-4-2-5-9-26)33(24-43)36(25)35(45)15-13-28(27-10-6-3-7-11-27)21-29-12-14-31(44)22-34(29)40/h2-12,14,21-22,30,32-33,35,37,43-45H,13,15-20,23-24H2,1H3/b28-21-/t32-,33+,35-,37-/m1/s1. The van der Waals surface area contributed by atoms with Gasteiger partial charge in [-0.3, -0.25) is 19.4 Å². The number of hydrogen-bond donors (Lipinski definition) is 3. The Kier molecular flexibility index (Phi) is 10.3. The number of nitrogens with zero attached hydrogens (tertiary/aromatic N) is 2. The molecule has 2 aliphatic heterocycles. The highest BCUT2D eigenvalue weighted by atomic mass is 35.5. The highest BCUT2D eigenvalue weighted by Crippen LogP contribution is 2.47. The van der Waals surface area contributed by atoms with Crippen LogP contribution in [0.1, 0.15) is 55.7 Å². The van der Waals surface area contributed by atoms with Gasteiger partial charge in [-0.1, -0.05) is 77.8 Å². The molecule has 0 saturated carbocycles. The van der Waals surface area contributed by atoms with Gasteiger partial charge >= 0.3 is 0 Å². The SMILES string of the molecule is CC1=C([C@H](O)CC/C(=C/c2ccc(O)cc2Cl)c2ccccc2)[C@H](CO)[C@@H]2C(=O)N(C3CCN(Cc4ccccc4)CC3)C(=O)[C@@H]2C1. The number of allylic oxidation sites excluding steroid dienone is 2. The molecule has 0 aromatic heterocycles. The van der Waals surface area contributed by atoms with Crippen LogP contribution in [0.5, 0.6) is 5.75 Å². The average Bonchev–Trinajstić information content (AvgIpc) is 3.32. The summed E-state index contributed by atoms with van der Waals surface area (Å²) < 4.78 is 0. The van der Waals surface area contributed by atoms with E-state index in [1.165, 1.54) is 16.5 Å². The number of likely N-dealkylation sites (tertiary alicyclic amines) is 2. The van der Waals surface area contributed by atoms with Crippen LogP contribution in [0, 0.1) is 17.8 Å². The Morgan fingerprint density at radius 2 is 1.66 bits per heavy atom. The zero-order valence-corrected chi connectivity index (χ0v) is 27.5. The van der Waals surface area contributed by atoms with Crippen LogP contribution in [0.15, 0.2) is 90.0 Å². The van der Waals surface area contributed by atoms with E-state index in [2.05, 4.69) is 17.0 Å². The van der Waals surface area contributed by atoms with Crippen LogP contribution < -0.4 is 0 Å². The molecule has 2 amide bonds. The molecule has 47 heavy (non-hydrogen) atoms. The van der Waals surface area contributed by atoms with Crippen LogP contribution in [0.4, 0.5) is 0 Å².